The van der Waals surface area contributed by atoms with Gasteiger partial charge in [-0.2, -0.15) is 9.41 Å². The zero-order valence-corrected chi connectivity index (χ0v) is 17.8. The van der Waals surface area contributed by atoms with Crippen molar-refractivity contribution in [2.24, 2.45) is 5.10 Å². The summed E-state index contributed by atoms with van der Waals surface area (Å²) in [7, 11) is -3.60. The quantitative estimate of drug-likeness (QED) is 0.773. The number of para-hydroxylation sites is 1. The van der Waals surface area contributed by atoms with Gasteiger partial charge in [0.15, 0.2) is 0 Å². The fraction of sp³-hybridized carbons (Fsp3) is 0.318. The van der Waals surface area contributed by atoms with Gasteiger partial charge in [-0.15, -0.1) is 0 Å². The summed E-state index contributed by atoms with van der Waals surface area (Å²) in [5.41, 5.74) is 1.17. The third kappa shape index (κ3) is 4.67. The maximum absolute atomic E-state index is 12.9. The standard InChI is InChI=1S/C22H24N4O4S/c27-21-13-12-20(24-26(21)18-9-3-1-4-10-18)22(28)23-17-8-7-11-19(16-17)31(29,30)25-14-5-2-6-15-25/h1,3-4,7-11,16H,2,5-6,12-15H2,(H,23,28). The van der Waals surface area contributed by atoms with Crippen LogP contribution in [0.15, 0.2) is 64.6 Å². The van der Waals surface area contributed by atoms with Gasteiger partial charge in [0, 0.05) is 31.6 Å². The molecule has 9 heteroatoms. The van der Waals surface area contributed by atoms with Crippen LogP contribution in [-0.4, -0.2) is 43.3 Å². The summed E-state index contributed by atoms with van der Waals surface area (Å²) in [6.45, 7) is 1.03. The Morgan fingerprint density at radius 3 is 2.42 bits per heavy atom. The van der Waals surface area contributed by atoms with Gasteiger partial charge in [0.2, 0.25) is 15.9 Å². The van der Waals surface area contributed by atoms with Crippen molar-refractivity contribution in [1.82, 2.24) is 4.31 Å². The molecule has 0 aromatic heterocycles. The van der Waals surface area contributed by atoms with Crippen LogP contribution in [0.3, 0.4) is 0 Å². The van der Waals surface area contributed by atoms with Crippen LogP contribution in [0.5, 0.6) is 0 Å². The molecule has 0 atom stereocenters. The maximum atomic E-state index is 12.9. The molecule has 0 aliphatic carbocycles. The highest BCUT2D eigenvalue weighted by Gasteiger charge is 2.28. The highest BCUT2D eigenvalue weighted by molar-refractivity contribution is 7.89. The lowest BCUT2D eigenvalue weighted by Crippen LogP contribution is -2.36. The number of amides is 2. The number of nitrogens with one attached hydrogen (secondary N) is 1. The molecule has 2 aliphatic rings. The molecule has 4 rings (SSSR count). The lowest BCUT2D eigenvalue weighted by molar-refractivity contribution is -0.118. The van der Waals surface area contributed by atoms with Gasteiger partial charge in [0.1, 0.15) is 5.71 Å². The van der Waals surface area contributed by atoms with E-state index in [0.29, 0.717) is 24.5 Å². The topological polar surface area (TPSA) is 99.2 Å². The van der Waals surface area contributed by atoms with Gasteiger partial charge in [-0.25, -0.2) is 13.4 Å². The van der Waals surface area contributed by atoms with E-state index in [1.165, 1.54) is 21.4 Å². The number of hydrogen-bond acceptors (Lipinski definition) is 5. The number of hydrogen-bond donors (Lipinski definition) is 1. The van der Waals surface area contributed by atoms with Gasteiger partial charge in [-0.05, 0) is 43.2 Å². The van der Waals surface area contributed by atoms with Gasteiger partial charge in [-0.1, -0.05) is 30.7 Å². The fourth-order valence-corrected chi connectivity index (χ4v) is 5.24. The Bertz CT molecular complexity index is 1110. The Kier molecular flexibility index (Phi) is 6.15. The molecule has 1 saturated heterocycles. The van der Waals surface area contributed by atoms with Crippen molar-refractivity contribution >= 4 is 38.9 Å². The number of anilines is 2. The normalized spacial score (nSPS) is 17.9. The van der Waals surface area contributed by atoms with E-state index < -0.39 is 15.9 Å². The second-order valence-corrected chi connectivity index (χ2v) is 9.47. The van der Waals surface area contributed by atoms with E-state index in [1.807, 2.05) is 6.07 Å². The van der Waals surface area contributed by atoms with Crippen molar-refractivity contribution in [3.05, 3.63) is 54.6 Å². The first-order valence-electron chi connectivity index (χ1n) is 10.3. The molecule has 8 nitrogen and oxygen atoms in total. The molecule has 0 bridgehead atoms. The first-order valence-corrected chi connectivity index (χ1v) is 11.8. The number of nitrogens with zero attached hydrogens (tertiary/aromatic N) is 3. The summed E-state index contributed by atoms with van der Waals surface area (Å²) < 4.78 is 27.3. The molecule has 2 aromatic rings. The number of piperidine rings is 1. The van der Waals surface area contributed by atoms with Crippen molar-refractivity contribution in [2.45, 2.75) is 37.0 Å². The van der Waals surface area contributed by atoms with E-state index in [0.717, 1.165) is 19.3 Å². The first kappa shape index (κ1) is 21.2. The fourth-order valence-electron chi connectivity index (χ4n) is 3.68. The molecule has 0 saturated carbocycles. The zero-order chi connectivity index (χ0) is 21.8. The van der Waals surface area contributed by atoms with Crippen LogP contribution in [0.25, 0.3) is 0 Å². The number of carbonyl (C=O) groups excluding carboxylic acids is 2. The van der Waals surface area contributed by atoms with E-state index >= 15 is 0 Å². The summed E-state index contributed by atoms with van der Waals surface area (Å²) in [6, 6.07) is 15.2. The Balaban J connectivity index is 1.52. The smallest absolute Gasteiger partial charge is 0.271 e. The van der Waals surface area contributed by atoms with E-state index in [4.69, 9.17) is 0 Å². The lowest BCUT2D eigenvalue weighted by atomic mass is 10.1. The molecule has 0 unspecified atom stereocenters. The Morgan fingerprint density at radius 1 is 0.935 bits per heavy atom. The van der Waals surface area contributed by atoms with Crippen molar-refractivity contribution < 1.29 is 18.0 Å². The minimum atomic E-state index is -3.60. The third-order valence-corrected chi connectivity index (χ3v) is 7.23. The highest BCUT2D eigenvalue weighted by Crippen LogP contribution is 2.24. The third-order valence-electron chi connectivity index (χ3n) is 5.34. The molecule has 1 N–H and O–H groups in total. The number of rotatable bonds is 5. The Morgan fingerprint density at radius 2 is 1.68 bits per heavy atom. The second kappa shape index (κ2) is 8.99. The minimum Gasteiger partial charge on any atom is -0.321 e. The van der Waals surface area contributed by atoms with Gasteiger partial charge >= 0.3 is 0 Å². The largest absolute Gasteiger partial charge is 0.321 e. The van der Waals surface area contributed by atoms with Gasteiger partial charge in [0.05, 0.1) is 10.6 Å². The van der Waals surface area contributed by atoms with E-state index in [9.17, 15) is 18.0 Å². The highest BCUT2D eigenvalue weighted by atomic mass is 32.2. The average molecular weight is 441 g/mol. The first-order chi connectivity index (χ1) is 14.9. The summed E-state index contributed by atoms with van der Waals surface area (Å²) in [5, 5.41) is 8.19. The zero-order valence-electron chi connectivity index (χ0n) is 17.0. The molecule has 0 spiro atoms. The number of sulfonamides is 1. The van der Waals surface area contributed by atoms with Crippen molar-refractivity contribution in [3.8, 4) is 0 Å². The molecule has 1 fully saturated rings. The van der Waals surface area contributed by atoms with Crippen LogP contribution in [0.4, 0.5) is 11.4 Å². The predicted octanol–water partition coefficient (Wildman–Crippen LogP) is 2.98. The number of carbonyl (C=O) groups is 2. The van der Waals surface area contributed by atoms with E-state index in [2.05, 4.69) is 10.4 Å². The SMILES string of the molecule is O=C(Nc1cccc(S(=O)(=O)N2CCCCC2)c1)C1=NN(c2ccccc2)C(=O)CC1. The van der Waals surface area contributed by atoms with Crippen LogP contribution in [-0.2, 0) is 19.6 Å². The van der Waals surface area contributed by atoms with Crippen LogP contribution in [0, 0.1) is 0 Å². The van der Waals surface area contributed by atoms with Crippen molar-refractivity contribution in [1.29, 1.82) is 0 Å². The van der Waals surface area contributed by atoms with Crippen LogP contribution < -0.4 is 10.3 Å². The predicted molar refractivity (Wildman–Crippen MR) is 118 cm³/mol. The molecule has 2 amide bonds. The van der Waals surface area contributed by atoms with Gasteiger partial charge in [0.25, 0.3) is 5.91 Å². The Labute approximate surface area is 181 Å². The van der Waals surface area contributed by atoms with E-state index in [-0.39, 0.29) is 29.4 Å². The number of hydrazone groups is 1. The van der Waals surface area contributed by atoms with Crippen molar-refractivity contribution in [2.75, 3.05) is 23.4 Å². The summed E-state index contributed by atoms with van der Waals surface area (Å²) in [4.78, 5) is 25.2. The summed E-state index contributed by atoms with van der Waals surface area (Å²) in [6.07, 6.45) is 3.13. The molecule has 31 heavy (non-hydrogen) atoms. The molecule has 162 valence electrons. The Hall–Kier alpha value is -3.04. The average Bonchev–Trinajstić information content (AvgIpc) is 2.80. The monoisotopic (exact) mass is 440 g/mol. The molecular weight excluding hydrogens is 416 g/mol. The van der Waals surface area contributed by atoms with Crippen molar-refractivity contribution in [3.63, 3.8) is 0 Å². The van der Waals surface area contributed by atoms with Gasteiger partial charge in [-0.3, -0.25) is 9.59 Å². The maximum Gasteiger partial charge on any atom is 0.271 e. The summed E-state index contributed by atoms with van der Waals surface area (Å²) >= 11 is 0. The molecule has 2 heterocycles. The van der Waals surface area contributed by atoms with Crippen LogP contribution in [0.1, 0.15) is 32.1 Å². The lowest BCUT2D eigenvalue weighted by Gasteiger charge is -2.26. The molecule has 0 radical (unpaired) electrons. The van der Waals surface area contributed by atoms with Crippen LogP contribution >= 0.6 is 0 Å². The van der Waals surface area contributed by atoms with E-state index in [1.54, 1.807) is 36.4 Å². The molecule has 2 aromatic carbocycles. The number of benzene rings is 2. The molecular formula is C22H24N4O4S. The summed E-state index contributed by atoms with van der Waals surface area (Å²) in [5.74, 6) is -0.640. The second-order valence-electron chi connectivity index (χ2n) is 7.53. The van der Waals surface area contributed by atoms with Crippen LogP contribution in [0.2, 0.25) is 0 Å². The van der Waals surface area contributed by atoms with Gasteiger partial charge < -0.3 is 5.32 Å². The minimum absolute atomic E-state index is 0.152. The molecule has 2 aliphatic heterocycles.